The number of ether oxygens (including phenoxy) is 1. The zero-order valence-electron chi connectivity index (χ0n) is 25.4. The van der Waals surface area contributed by atoms with Crippen LogP contribution in [0.15, 0.2) is 53.4 Å². The number of sulfonamides is 1. The standard InChI is InChI=1S/C33H44N4O4S/c1-22-11-9-12-23(2)31(22)28-19-30(41-21-26(34)20-33(3,4)5)36-32(35-28)37-42(39,40)27-16-10-15-25(18-27)29(38)17-24-13-7-6-8-14-24/h9-12,15-16,18-19,24,26H,6-8,13-14,17,20-21,34H2,1-5H3,(H,35,36,37)/t26-/m1/s1. The molecule has 1 saturated carbocycles. The summed E-state index contributed by atoms with van der Waals surface area (Å²) in [5.41, 5.74) is 10.1. The Morgan fingerprint density at radius 1 is 1.02 bits per heavy atom. The van der Waals surface area contributed by atoms with Gasteiger partial charge < -0.3 is 10.5 Å². The molecular weight excluding hydrogens is 548 g/mol. The van der Waals surface area contributed by atoms with Crippen molar-refractivity contribution in [3.63, 3.8) is 0 Å². The van der Waals surface area contributed by atoms with Crippen LogP contribution in [0.2, 0.25) is 0 Å². The van der Waals surface area contributed by atoms with Crippen LogP contribution in [0.4, 0.5) is 5.95 Å². The first-order valence-corrected chi connectivity index (χ1v) is 16.3. The molecule has 0 radical (unpaired) electrons. The first-order valence-electron chi connectivity index (χ1n) is 14.8. The third kappa shape index (κ3) is 8.61. The van der Waals surface area contributed by atoms with Crippen LogP contribution in [0.5, 0.6) is 5.88 Å². The van der Waals surface area contributed by atoms with Crippen molar-refractivity contribution in [1.82, 2.24) is 9.97 Å². The summed E-state index contributed by atoms with van der Waals surface area (Å²) in [7, 11) is -4.10. The van der Waals surface area contributed by atoms with Gasteiger partial charge in [0.1, 0.15) is 6.61 Å². The van der Waals surface area contributed by atoms with E-state index in [2.05, 4.69) is 35.5 Å². The molecule has 1 aromatic heterocycles. The molecule has 3 N–H and O–H groups in total. The van der Waals surface area contributed by atoms with E-state index < -0.39 is 10.0 Å². The summed E-state index contributed by atoms with van der Waals surface area (Å²) in [6.45, 7) is 10.5. The predicted molar refractivity (Wildman–Crippen MR) is 167 cm³/mol. The smallest absolute Gasteiger partial charge is 0.264 e. The fourth-order valence-electron chi connectivity index (χ4n) is 5.72. The number of hydrogen-bond donors (Lipinski definition) is 2. The van der Waals surface area contributed by atoms with Crippen molar-refractivity contribution >= 4 is 21.8 Å². The lowest BCUT2D eigenvalue weighted by molar-refractivity contribution is 0.0950. The van der Waals surface area contributed by atoms with Crippen LogP contribution >= 0.6 is 0 Å². The molecule has 226 valence electrons. The molecule has 1 aliphatic rings. The summed E-state index contributed by atoms with van der Waals surface area (Å²) < 4.78 is 35.5. The van der Waals surface area contributed by atoms with Gasteiger partial charge >= 0.3 is 0 Å². The van der Waals surface area contributed by atoms with Crippen molar-refractivity contribution in [2.24, 2.45) is 17.1 Å². The van der Waals surface area contributed by atoms with E-state index in [4.69, 9.17) is 10.5 Å². The molecule has 9 heteroatoms. The van der Waals surface area contributed by atoms with E-state index in [9.17, 15) is 13.2 Å². The molecule has 42 heavy (non-hydrogen) atoms. The van der Waals surface area contributed by atoms with Gasteiger partial charge in [-0.2, -0.15) is 4.98 Å². The number of aromatic nitrogens is 2. The van der Waals surface area contributed by atoms with Crippen LogP contribution in [-0.2, 0) is 10.0 Å². The molecule has 4 rings (SSSR count). The number of rotatable bonds is 11. The zero-order valence-corrected chi connectivity index (χ0v) is 26.3. The second kappa shape index (κ2) is 13.3. The largest absolute Gasteiger partial charge is 0.476 e. The summed E-state index contributed by atoms with van der Waals surface area (Å²) in [6.07, 6.45) is 6.78. The molecule has 8 nitrogen and oxygen atoms in total. The van der Waals surface area contributed by atoms with E-state index in [1.807, 2.05) is 32.0 Å². The van der Waals surface area contributed by atoms with E-state index >= 15 is 0 Å². The van der Waals surface area contributed by atoms with Gasteiger partial charge in [0, 0.05) is 29.7 Å². The normalized spacial score (nSPS) is 15.3. The van der Waals surface area contributed by atoms with Crippen LogP contribution < -0.4 is 15.2 Å². The quantitative estimate of drug-likeness (QED) is 0.233. The highest BCUT2D eigenvalue weighted by molar-refractivity contribution is 7.92. The fraction of sp³-hybridized carbons (Fsp3) is 0.485. The number of nitrogens with two attached hydrogens (primary N) is 1. The molecule has 0 amide bonds. The van der Waals surface area contributed by atoms with Gasteiger partial charge in [0.15, 0.2) is 5.78 Å². The van der Waals surface area contributed by atoms with Gasteiger partial charge in [-0.15, -0.1) is 0 Å². The summed E-state index contributed by atoms with van der Waals surface area (Å²) in [4.78, 5) is 22.0. The molecular formula is C33H44N4O4S. The summed E-state index contributed by atoms with van der Waals surface area (Å²) >= 11 is 0. The second-order valence-electron chi connectivity index (χ2n) is 12.8. The molecule has 1 aliphatic carbocycles. The average molecular weight is 593 g/mol. The highest BCUT2D eigenvalue weighted by Crippen LogP contribution is 2.31. The highest BCUT2D eigenvalue weighted by Gasteiger charge is 2.23. The molecule has 1 atom stereocenters. The molecule has 0 aliphatic heterocycles. The summed E-state index contributed by atoms with van der Waals surface area (Å²) in [5, 5.41) is 0. The molecule has 2 aromatic carbocycles. The van der Waals surface area contributed by atoms with Crippen molar-refractivity contribution in [2.75, 3.05) is 11.3 Å². The topological polar surface area (TPSA) is 124 Å². The maximum Gasteiger partial charge on any atom is 0.264 e. The van der Waals surface area contributed by atoms with Crippen LogP contribution in [0.3, 0.4) is 0 Å². The van der Waals surface area contributed by atoms with E-state index in [-0.39, 0.29) is 40.6 Å². The van der Waals surface area contributed by atoms with Gasteiger partial charge in [-0.3, -0.25) is 4.79 Å². The molecule has 0 bridgehead atoms. The third-order valence-corrected chi connectivity index (χ3v) is 8.98. The minimum atomic E-state index is -4.10. The molecule has 3 aromatic rings. The highest BCUT2D eigenvalue weighted by atomic mass is 32.2. The van der Waals surface area contributed by atoms with Crippen molar-refractivity contribution in [3.8, 4) is 17.1 Å². The number of Topliss-reactive ketones (excluding diaryl/α,β-unsaturated/α-hetero) is 1. The zero-order chi connectivity index (χ0) is 30.5. The van der Waals surface area contributed by atoms with E-state index in [0.29, 0.717) is 23.6 Å². The number of benzene rings is 2. The third-order valence-electron chi connectivity index (χ3n) is 7.65. The number of aryl methyl sites for hydroxylation is 2. The van der Waals surface area contributed by atoms with Crippen LogP contribution in [0.25, 0.3) is 11.3 Å². The predicted octanol–water partition coefficient (Wildman–Crippen LogP) is 6.86. The maximum atomic E-state index is 13.5. The van der Waals surface area contributed by atoms with Crippen molar-refractivity contribution in [3.05, 3.63) is 65.2 Å². The lowest BCUT2D eigenvalue weighted by atomic mass is 9.85. The van der Waals surface area contributed by atoms with Crippen molar-refractivity contribution in [1.29, 1.82) is 0 Å². The number of ketones is 1. The number of anilines is 1. The molecule has 0 unspecified atom stereocenters. The van der Waals surface area contributed by atoms with Crippen molar-refractivity contribution < 1.29 is 17.9 Å². The molecule has 1 fully saturated rings. The maximum absolute atomic E-state index is 13.5. The van der Waals surface area contributed by atoms with Gasteiger partial charge in [0.2, 0.25) is 11.8 Å². The lowest BCUT2D eigenvalue weighted by Crippen LogP contribution is -2.32. The minimum Gasteiger partial charge on any atom is -0.476 e. The first-order chi connectivity index (χ1) is 19.8. The van der Waals surface area contributed by atoms with Gasteiger partial charge in [-0.25, -0.2) is 18.1 Å². The first kappa shape index (κ1) is 31.6. The van der Waals surface area contributed by atoms with Gasteiger partial charge in [-0.05, 0) is 54.9 Å². The van der Waals surface area contributed by atoms with Gasteiger partial charge in [-0.1, -0.05) is 83.2 Å². The molecule has 0 spiro atoms. The average Bonchev–Trinajstić information content (AvgIpc) is 2.91. The SMILES string of the molecule is Cc1cccc(C)c1-c1cc(OC[C@H](N)CC(C)(C)C)nc(NS(=O)(=O)c2cccc(C(=O)CC3CCCCC3)c2)n1. The fourth-order valence-corrected chi connectivity index (χ4v) is 6.71. The number of hydrogen-bond acceptors (Lipinski definition) is 7. The lowest BCUT2D eigenvalue weighted by Gasteiger charge is -2.23. The van der Waals surface area contributed by atoms with E-state index in [1.54, 1.807) is 18.2 Å². The second-order valence-corrected chi connectivity index (χ2v) is 14.5. The Balaban J connectivity index is 1.61. The monoisotopic (exact) mass is 592 g/mol. The molecule has 0 saturated heterocycles. The Morgan fingerprint density at radius 2 is 1.69 bits per heavy atom. The van der Waals surface area contributed by atoms with Gasteiger partial charge in [0.05, 0.1) is 10.6 Å². The summed E-state index contributed by atoms with van der Waals surface area (Å²) in [6, 6.07) is 13.6. The van der Waals surface area contributed by atoms with Gasteiger partial charge in [0.25, 0.3) is 10.0 Å². The van der Waals surface area contributed by atoms with E-state index in [1.165, 1.54) is 18.6 Å². The number of carbonyl (C=O) groups excluding carboxylic acids is 1. The number of nitrogens with zero attached hydrogens (tertiary/aromatic N) is 2. The van der Waals surface area contributed by atoms with E-state index in [0.717, 1.165) is 48.8 Å². The Bertz CT molecular complexity index is 1490. The van der Waals surface area contributed by atoms with Crippen LogP contribution in [0.1, 0.15) is 87.2 Å². The Morgan fingerprint density at radius 3 is 2.36 bits per heavy atom. The Labute approximate surface area is 250 Å². The Kier molecular flexibility index (Phi) is 10.0. The minimum absolute atomic E-state index is 0.0206. The number of carbonyl (C=O) groups is 1. The molecule has 1 heterocycles. The Hall–Kier alpha value is -3.30. The van der Waals surface area contributed by atoms with Crippen molar-refractivity contribution in [2.45, 2.75) is 90.5 Å². The number of nitrogens with one attached hydrogen (secondary N) is 1. The summed E-state index contributed by atoms with van der Waals surface area (Å²) in [5.74, 6) is 0.435. The van der Waals surface area contributed by atoms with Crippen LogP contribution in [-0.4, -0.2) is 36.8 Å². The van der Waals surface area contributed by atoms with Crippen LogP contribution in [0, 0.1) is 25.2 Å².